The predicted molar refractivity (Wildman–Crippen MR) is 64.4 cm³/mol. The van der Waals surface area contributed by atoms with Gasteiger partial charge < -0.3 is 15.4 Å². The molecule has 1 aromatic rings. The van der Waals surface area contributed by atoms with Crippen LogP contribution in [0.2, 0.25) is 0 Å². The molecular formula is C11H22N4O. The van der Waals surface area contributed by atoms with Gasteiger partial charge in [-0.1, -0.05) is 0 Å². The molecule has 0 aliphatic heterocycles. The molecule has 0 aliphatic carbocycles. The van der Waals surface area contributed by atoms with E-state index < -0.39 is 0 Å². The van der Waals surface area contributed by atoms with Crippen molar-refractivity contribution >= 4 is 0 Å². The van der Waals surface area contributed by atoms with Crippen molar-refractivity contribution in [3.8, 4) is 0 Å². The van der Waals surface area contributed by atoms with Crippen LogP contribution >= 0.6 is 0 Å². The van der Waals surface area contributed by atoms with Gasteiger partial charge in [0.25, 0.3) is 0 Å². The lowest BCUT2D eigenvalue weighted by Crippen LogP contribution is -2.37. The van der Waals surface area contributed by atoms with Crippen molar-refractivity contribution in [3.63, 3.8) is 0 Å². The fourth-order valence-electron chi connectivity index (χ4n) is 1.40. The summed E-state index contributed by atoms with van der Waals surface area (Å²) in [6, 6.07) is 0.436. The molecule has 0 radical (unpaired) electrons. The molecule has 1 rings (SSSR count). The molecule has 5 nitrogen and oxygen atoms in total. The molecule has 0 aliphatic rings. The largest absolute Gasteiger partial charge is 0.383 e. The number of ether oxygens (including phenoxy) is 1. The first-order valence-electron chi connectivity index (χ1n) is 5.66. The van der Waals surface area contributed by atoms with E-state index in [-0.39, 0.29) is 0 Å². The SMILES string of the molecule is COCCNCC(C)NCc1cn[nH]c1C. The third kappa shape index (κ3) is 4.74. The molecule has 0 amide bonds. The van der Waals surface area contributed by atoms with Crippen molar-refractivity contribution in [2.75, 3.05) is 26.8 Å². The standard InChI is InChI=1S/C11H22N4O/c1-9(6-12-4-5-16-3)13-7-11-8-14-15-10(11)2/h8-9,12-13H,4-7H2,1-3H3,(H,14,15). The Hall–Kier alpha value is -0.910. The van der Waals surface area contributed by atoms with Crippen molar-refractivity contribution in [1.29, 1.82) is 0 Å². The molecule has 0 bridgehead atoms. The van der Waals surface area contributed by atoms with Gasteiger partial charge in [-0.15, -0.1) is 0 Å². The van der Waals surface area contributed by atoms with E-state index in [2.05, 4.69) is 27.8 Å². The first kappa shape index (κ1) is 13.2. The number of aromatic amines is 1. The molecule has 1 atom stereocenters. The molecule has 0 fully saturated rings. The third-order valence-corrected chi connectivity index (χ3v) is 2.51. The summed E-state index contributed by atoms with van der Waals surface area (Å²) in [5, 5.41) is 13.7. The molecule has 92 valence electrons. The highest BCUT2D eigenvalue weighted by atomic mass is 16.5. The minimum absolute atomic E-state index is 0.436. The van der Waals surface area contributed by atoms with E-state index in [1.807, 2.05) is 13.1 Å². The van der Waals surface area contributed by atoms with Gasteiger partial charge in [-0.2, -0.15) is 5.10 Å². The molecule has 5 heteroatoms. The minimum atomic E-state index is 0.436. The second kappa shape index (κ2) is 7.38. The van der Waals surface area contributed by atoms with Gasteiger partial charge in [0.2, 0.25) is 0 Å². The topological polar surface area (TPSA) is 62.0 Å². The van der Waals surface area contributed by atoms with Gasteiger partial charge in [-0.3, -0.25) is 5.10 Å². The van der Waals surface area contributed by atoms with Gasteiger partial charge in [0.05, 0.1) is 12.8 Å². The fraction of sp³-hybridized carbons (Fsp3) is 0.727. The first-order valence-corrected chi connectivity index (χ1v) is 5.66. The predicted octanol–water partition coefficient (Wildman–Crippen LogP) is 0.432. The Balaban J connectivity index is 2.10. The summed E-state index contributed by atoms with van der Waals surface area (Å²) in [5.41, 5.74) is 2.36. The van der Waals surface area contributed by atoms with Gasteiger partial charge in [0.1, 0.15) is 0 Å². The highest BCUT2D eigenvalue weighted by Crippen LogP contribution is 2.01. The van der Waals surface area contributed by atoms with Gasteiger partial charge in [-0.05, 0) is 13.8 Å². The van der Waals surface area contributed by atoms with Crippen molar-refractivity contribution in [2.45, 2.75) is 26.4 Å². The highest BCUT2D eigenvalue weighted by molar-refractivity contribution is 5.13. The zero-order valence-electron chi connectivity index (χ0n) is 10.3. The van der Waals surface area contributed by atoms with Crippen molar-refractivity contribution < 1.29 is 4.74 Å². The number of rotatable bonds is 8. The number of H-pyrrole nitrogens is 1. The summed E-state index contributed by atoms with van der Waals surface area (Å²) in [6.45, 7) is 7.65. The number of nitrogens with one attached hydrogen (secondary N) is 3. The molecule has 3 N–H and O–H groups in total. The average Bonchev–Trinajstić information content (AvgIpc) is 2.67. The Bertz CT molecular complexity index is 287. The summed E-state index contributed by atoms with van der Waals surface area (Å²) in [5.74, 6) is 0. The van der Waals surface area contributed by atoms with Gasteiger partial charge >= 0.3 is 0 Å². The van der Waals surface area contributed by atoms with E-state index in [0.717, 1.165) is 31.9 Å². The van der Waals surface area contributed by atoms with Gasteiger partial charge in [-0.25, -0.2) is 0 Å². The Labute approximate surface area is 97.0 Å². The van der Waals surface area contributed by atoms with Crippen LogP contribution < -0.4 is 10.6 Å². The van der Waals surface area contributed by atoms with Crippen LogP contribution in [0, 0.1) is 6.92 Å². The normalized spacial score (nSPS) is 12.9. The lowest BCUT2D eigenvalue weighted by Gasteiger charge is -2.14. The van der Waals surface area contributed by atoms with E-state index in [0.29, 0.717) is 6.04 Å². The Morgan fingerprint density at radius 1 is 1.56 bits per heavy atom. The maximum absolute atomic E-state index is 4.96. The van der Waals surface area contributed by atoms with Crippen molar-refractivity contribution in [2.24, 2.45) is 0 Å². The molecule has 1 heterocycles. The van der Waals surface area contributed by atoms with Crippen LogP contribution in [0.3, 0.4) is 0 Å². The third-order valence-electron chi connectivity index (χ3n) is 2.51. The lowest BCUT2D eigenvalue weighted by molar-refractivity contribution is 0.198. The summed E-state index contributed by atoms with van der Waals surface area (Å²) in [4.78, 5) is 0. The van der Waals surface area contributed by atoms with Crippen LogP contribution in [0.15, 0.2) is 6.20 Å². The second-order valence-electron chi connectivity index (χ2n) is 4.00. The molecule has 0 saturated carbocycles. The minimum Gasteiger partial charge on any atom is -0.383 e. The van der Waals surface area contributed by atoms with Crippen LogP contribution in [-0.4, -0.2) is 43.0 Å². The summed E-state index contributed by atoms with van der Waals surface area (Å²) in [6.07, 6.45) is 1.87. The number of nitrogens with zero attached hydrogens (tertiary/aromatic N) is 1. The molecule has 1 unspecified atom stereocenters. The molecule has 0 saturated heterocycles. The van der Waals surface area contributed by atoms with Crippen LogP contribution in [0.1, 0.15) is 18.2 Å². The molecule has 16 heavy (non-hydrogen) atoms. The van der Waals surface area contributed by atoms with E-state index in [4.69, 9.17) is 4.74 Å². The summed E-state index contributed by atoms with van der Waals surface area (Å²) < 4.78 is 4.96. The van der Waals surface area contributed by atoms with E-state index in [1.54, 1.807) is 7.11 Å². The number of aromatic nitrogens is 2. The van der Waals surface area contributed by atoms with E-state index in [1.165, 1.54) is 5.56 Å². The summed E-state index contributed by atoms with van der Waals surface area (Å²) >= 11 is 0. The smallest absolute Gasteiger partial charge is 0.0587 e. The number of hydrogen-bond acceptors (Lipinski definition) is 4. The van der Waals surface area contributed by atoms with Crippen LogP contribution in [0.5, 0.6) is 0 Å². The monoisotopic (exact) mass is 226 g/mol. The van der Waals surface area contributed by atoms with Gasteiger partial charge in [0.15, 0.2) is 0 Å². The fourth-order valence-corrected chi connectivity index (χ4v) is 1.40. The number of hydrogen-bond donors (Lipinski definition) is 3. The molecular weight excluding hydrogens is 204 g/mol. The molecule has 0 spiro atoms. The van der Waals surface area contributed by atoms with Crippen LogP contribution in [0.4, 0.5) is 0 Å². The second-order valence-corrected chi connectivity index (χ2v) is 4.00. The lowest BCUT2D eigenvalue weighted by atomic mass is 10.2. The number of aryl methyl sites for hydroxylation is 1. The van der Waals surface area contributed by atoms with Gasteiger partial charge in [0, 0.05) is 44.0 Å². The average molecular weight is 226 g/mol. The Kier molecular flexibility index (Phi) is 6.07. The molecule has 0 aromatic carbocycles. The van der Waals surface area contributed by atoms with Crippen LogP contribution in [-0.2, 0) is 11.3 Å². The quantitative estimate of drug-likeness (QED) is 0.563. The zero-order valence-corrected chi connectivity index (χ0v) is 10.3. The van der Waals surface area contributed by atoms with Crippen molar-refractivity contribution in [3.05, 3.63) is 17.5 Å². The van der Waals surface area contributed by atoms with E-state index in [9.17, 15) is 0 Å². The summed E-state index contributed by atoms with van der Waals surface area (Å²) in [7, 11) is 1.71. The maximum atomic E-state index is 4.96. The Morgan fingerprint density at radius 2 is 2.38 bits per heavy atom. The zero-order chi connectivity index (χ0) is 11.8. The Morgan fingerprint density at radius 3 is 3.00 bits per heavy atom. The maximum Gasteiger partial charge on any atom is 0.0587 e. The molecule has 1 aromatic heterocycles. The number of methoxy groups -OCH3 is 1. The van der Waals surface area contributed by atoms with Crippen LogP contribution in [0.25, 0.3) is 0 Å². The highest BCUT2D eigenvalue weighted by Gasteiger charge is 2.03. The van der Waals surface area contributed by atoms with E-state index >= 15 is 0 Å². The van der Waals surface area contributed by atoms with Crippen molar-refractivity contribution in [1.82, 2.24) is 20.8 Å². The first-order chi connectivity index (χ1) is 7.74.